The zero-order chi connectivity index (χ0) is 12.3. The lowest BCUT2D eigenvalue weighted by Crippen LogP contribution is -2.26. The number of carbonyl (C=O) groups excluding carboxylic acids is 1. The van der Waals surface area contributed by atoms with Crippen LogP contribution < -0.4 is 5.73 Å². The van der Waals surface area contributed by atoms with Crippen molar-refractivity contribution in [3.63, 3.8) is 0 Å². The Kier molecular flexibility index (Phi) is 3.04. The van der Waals surface area contributed by atoms with Crippen LogP contribution in [0.25, 0.3) is 0 Å². The van der Waals surface area contributed by atoms with E-state index in [1.807, 2.05) is 0 Å². The molecular weight excluding hydrogens is 218 g/mol. The number of hydrogen-bond acceptors (Lipinski definition) is 4. The predicted octanol–water partition coefficient (Wildman–Crippen LogP) is 0.659. The van der Waals surface area contributed by atoms with Gasteiger partial charge in [-0.1, -0.05) is 0 Å². The largest absolute Gasteiger partial charge is 0.398 e. The molecule has 0 radical (unpaired) electrons. The topological polar surface area (TPSA) is 87.9 Å². The lowest BCUT2D eigenvalue weighted by molar-refractivity contribution is 0.0786. The van der Waals surface area contributed by atoms with Crippen molar-refractivity contribution in [1.82, 2.24) is 20.1 Å². The third-order valence-electron chi connectivity index (χ3n) is 2.41. The summed E-state index contributed by atoms with van der Waals surface area (Å²) >= 11 is 0. The van der Waals surface area contributed by atoms with Gasteiger partial charge in [0.1, 0.15) is 0 Å². The first-order chi connectivity index (χ1) is 8.18. The van der Waals surface area contributed by atoms with Crippen molar-refractivity contribution in [2.45, 2.75) is 6.54 Å². The number of aromatic amines is 1. The number of amides is 1. The Morgan fingerprint density at radius 1 is 1.53 bits per heavy atom. The Hall–Kier alpha value is -2.37. The Labute approximate surface area is 98.5 Å². The van der Waals surface area contributed by atoms with Crippen molar-refractivity contribution in [2.24, 2.45) is 0 Å². The first kappa shape index (κ1) is 11.1. The Morgan fingerprint density at radius 3 is 3.00 bits per heavy atom. The molecule has 2 aromatic rings. The van der Waals surface area contributed by atoms with Crippen LogP contribution in [-0.2, 0) is 6.54 Å². The molecule has 2 aromatic heterocycles. The maximum absolute atomic E-state index is 12.1. The number of rotatable bonds is 3. The molecule has 0 bridgehead atoms. The number of H-pyrrole nitrogens is 1. The molecule has 6 nitrogen and oxygen atoms in total. The van der Waals surface area contributed by atoms with Gasteiger partial charge in [0.25, 0.3) is 5.91 Å². The molecule has 0 aliphatic carbocycles. The molecule has 0 unspecified atom stereocenters. The van der Waals surface area contributed by atoms with Crippen LogP contribution in [0.5, 0.6) is 0 Å². The lowest BCUT2D eigenvalue weighted by Gasteiger charge is -2.16. The van der Waals surface area contributed by atoms with Gasteiger partial charge in [-0.25, -0.2) is 0 Å². The number of nitrogens with one attached hydrogen (secondary N) is 1. The maximum Gasteiger partial charge on any atom is 0.257 e. The van der Waals surface area contributed by atoms with Crippen molar-refractivity contribution >= 4 is 11.6 Å². The molecule has 17 heavy (non-hydrogen) atoms. The molecule has 88 valence electrons. The molecule has 2 heterocycles. The van der Waals surface area contributed by atoms with E-state index in [1.54, 1.807) is 36.6 Å². The summed E-state index contributed by atoms with van der Waals surface area (Å²) in [7, 11) is 1.71. The van der Waals surface area contributed by atoms with Crippen LogP contribution in [0.15, 0.2) is 30.9 Å². The SMILES string of the molecule is CN(Cc1cn[nH]c1)C(=O)c1cnccc1N. The minimum Gasteiger partial charge on any atom is -0.398 e. The van der Waals surface area contributed by atoms with E-state index in [0.717, 1.165) is 5.56 Å². The van der Waals surface area contributed by atoms with E-state index in [2.05, 4.69) is 15.2 Å². The van der Waals surface area contributed by atoms with Crippen LogP contribution in [0.3, 0.4) is 0 Å². The third-order valence-corrected chi connectivity index (χ3v) is 2.41. The first-order valence-corrected chi connectivity index (χ1v) is 5.11. The van der Waals surface area contributed by atoms with Crippen molar-refractivity contribution in [3.8, 4) is 0 Å². The van der Waals surface area contributed by atoms with Crippen LogP contribution in [0, 0.1) is 0 Å². The lowest BCUT2D eigenvalue weighted by atomic mass is 10.2. The molecule has 6 heteroatoms. The Morgan fingerprint density at radius 2 is 2.35 bits per heavy atom. The summed E-state index contributed by atoms with van der Waals surface area (Å²) in [4.78, 5) is 17.5. The Balaban J connectivity index is 2.13. The molecule has 0 saturated heterocycles. The van der Waals surface area contributed by atoms with Crippen LogP contribution >= 0.6 is 0 Å². The zero-order valence-corrected chi connectivity index (χ0v) is 9.42. The highest BCUT2D eigenvalue weighted by atomic mass is 16.2. The van der Waals surface area contributed by atoms with Crippen molar-refractivity contribution in [2.75, 3.05) is 12.8 Å². The summed E-state index contributed by atoms with van der Waals surface area (Å²) in [6, 6.07) is 1.61. The fourth-order valence-electron chi connectivity index (χ4n) is 1.50. The van der Waals surface area contributed by atoms with E-state index in [0.29, 0.717) is 17.8 Å². The van der Waals surface area contributed by atoms with Crippen molar-refractivity contribution in [1.29, 1.82) is 0 Å². The fraction of sp³-hybridized carbons (Fsp3) is 0.182. The average molecular weight is 231 g/mol. The number of carbonyl (C=O) groups is 1. The second-order valence-electron chi connectivity index (χ2n) is 3.73. The highest BCUT2D eigenvalue weighted by molar-refractivity contribution is 5.98. The van der Waals surface area contributed by atoms with E-state index >= 15 is 0 Å². The third kappa shape index (κ3) is 2.41. The van der Waals surface area contributed by atoms with E-state index < -0.39 is 0 Å². The molecular formula is C11H13N5O. The molecule has 0 saturated carbocycles. The summed E-state index contributed by atoms with van der Waals surface area (Å²) < 4.78 is 0. The standard InChI is InChI=1S/C11H13N5O/c1-16(7-8-4-14-15-5-8)11(17)9-6-13-3-2-10(9)12/h2-6H,7H2,1H3,(H2,12,13)(H,14,15). The van der Waals surface area contributed by atoms with Gasteiger partial charge in [-0.05, 0) is 6.07 Å². The van der Waals surface area contributed by atoms with Crippen molar-refractivity contribution < 1.29 is 4.79 Å². The normalized spacial score (nSPS) is 10.2. The fourth-order valence-corrected chi connectivity index (χ4v) is 1.50. The molecule has 0 aliphatic heterocycles. The molecule has 2 rings (SSSR count). The van der Waals surface area contributed by atoms with Crippen LogP contribution in [0.4, 0.5) is 5.69 Å². The van der Waals surface area contributed by atoms with Gasteiger partial charge >= 0.3 is 0 Å². The van der Waals surface area contributed by atoms with E-state index in [4.69, 9.17) is 5.73 Å². The number of nitrogens with zero attached hydrogens (tertiary/aromatic N) is 3. The molecule has 0 aromatic carbocycles. The summed E-state index contributed by atoms with van der Waals surface area (Å²) in [5, 5.41) is 6.53. The van der Waals surface area contributed by atoms with Gasteiger partial charge in [0, 0.05) is 43.4 Å². The number of nitrogens with two attached hydrogens (primary N) is 1. The molecule has 3 N–H and O–H groups in total. The summed E-state index contributed by atoms with van der Waals surface area (Å²) in [6.45, 7) is 0.476. The van der Waals surface area contributed by atoms with E-state index in [-0.39, 0.29) is 5.91 Å². The molecule has 0 spiro atoms. The van der Waals surface area contributed by atoms with Gasteiger partial charge in [0.2, 0.25) is 0 Å². The number of anilines is 1. The van der Waals surface area contributed by atoms with Gasteiger partial charge in [0.15, 0.2) is 0 Å². The number of pyridine rings is 1. The highest BCUT2D eigenvalue weighted by Gasteiger charge is 2.15. The number of aromatic nitrogens is 3. The second kappa shape index (κ2) is 4.65. The minimum atomic E-state index is -0.156. The smallest absolute Gasteiger partial charge is 0.257 e. The summed E-state index contributed by atoms with van der Waals surface area (Å²) in [6.07, 6.45) is 6.46. The minimum absolute atomic E-state index is 0.156. The number of nitrogen functional groups attached to an aromatic ring is 1. The molecule has 0 aliphatic rings. The van der Waals surface area contributed by atoms with Crippen LogP contribution in [0.2, 0.25) is 0 Å². The van der Waals surface area contributed by atoms with Gasteiger partial charge in [-0.3, -0.25) is 14.9 Å². The number of hydrogen-bond donors (Lipinski definition) is 2. The summed E-state index contributed by atoms with van der Waals surface area (Å²) in [5.41, 5.74) is 7.51. The maximum atomic E-state index is 12.1. The molecule has 1 amide bonds. The summed E-state index contributed by atoms with van der Waals surface area (Å²) in [5.74, 6) is -0.156. The van der Waals surface area contributed by atoms with Crippen LogP contribution in [-0.4, -0.2) is 33.0 Å². The first-order valence-electron chi connectivity index (χ1n) is 5.11. The van der Waals surface area contributed by atoms with Crippen LogP contribution in [0.1, 0.15) is 15.9 Å². The Bertz CT molecular complexity index is 508. The zero-order valence-electron chi connectivity index (χ0n) is 9.42. The van der Waals surface area contributed by atoms with E-state index in [1.165, 1.54) is 6.20 Å². The highest BCUT2D eigenvalue weighted by Crippen LogP contribution is 2.12. The molecule has 0 fully saturated rings. The van der Waals surface area contributed by atoms with Gasteiger partial charge in [-0.15, -0.1) is 0 Å². The molecule has 0 atom stereocenters. The van der Waals surface area contributed by atoms with Gasteiger partial charge in [-0.2, -0.15) is 5.10 Å². The van der Waals surface area contributed by atoms with Gasteiger partial charge < -0.3 is 10.6 Å². The second-order valence-corrected chi connectivity index (χ2v) is 3.73. The monoisotopic (exact) mass is 231 g/mol. The predicted molar refractivity (Wildman–Crippen MR) is 63.0 cm³/mol. The van der Waals surface area contributed by atoms with Crippen molar-refractivity contribution in [3.05, 3.63) is 42.0 Å². The quantitative estimate of drug-likeness (QED) is 0.812. The average Bonchev–Trinajstić information content (AvgIpc) is 2.81. The van der Waals surface area contributed by atoms with E-state index in [9.17, 15) is 4.79 Å². The van der Waals surface area contributed by atoms with Gasteiger partial charge in [0.05, 0.1) is 11.8 Å².